The van der Waals surface area contributed by atoms with Crippen LogP contribution in [0.2, 0.25) is 0 Å². The van der Waals surface area contributed by atoms with Crippen molar-refractivity contribution >= 4 is 50.6 Å². The number of aliphatic hydroxyl groups is 16. The van der Waals surface area contributed by atoms with Crippen molar-refractivity contribution in [1.82, 2.24) is 0 Å². The molecule has 21 saturated heterocycles. The molecule has 0 radical (unpaired) electrons. The van der Waals surface area contributed by atoms with Crippen LogP contribution in [0.25, 0.3) is 0 Å². The predicted molar refractivity (Wildman–Crippen MR) is 462 cm³/mol. The van der Waals surface area contributed by atoms with E-state index in [1.165, 1.54) is 130 Å². The summed E-state index contributed by atoms with van der Waals surface area (Å²) in [5, 5.41) is 196. The van der Waals surface area contributed by atoms with Gasteiger partial charge in [-0.15, -0.1) is 0 Å². The highest BCUT2D eigenvalue weighted by molar-refractivity contribution is 7.88. The number of hydrogen-bond acceptors (Lipinski definition) is 45. The average Bonchev–Trinajstić information content (AvgIpc) is 1.07. The van der Waals surface area contributed by atoms with Gasteiger partial charge in [0.15, 0.2) is 44.0 Å². The fourth-order valence-electron chi connectivity index (χ4n) is 19.2. The number of hydrogen-bond donors (Lipinski definition) is 16. The molecule has 14 bridgehead atoms. The van der Waals surface area contributed by atoms with Gasteiger partial charge in [0, 0.05) is 0 Å². The molecule has 21 heterocycles. The van der Waals surface area contributed by atoms with E-state index >= 15 is 0 Å². The number of benzene rings is 5. The second-order valence-electron chi connectivity index (χ2n) is 36.1. The average molecular weight is 2050 g/mol. The molecule has 21 aliphatic heterocycles. The Morgan fingerprint density at radius 1 is 0.197 bits per heavy atom. The van der Waals surface area contributed by atoms with Crippen LogP contribution in [-0.2, 0) is 138 Å². The van der Waals surface area contributed by atoms with E-state index in [2.05, 4.69) is 0 Å². The molecule has 35 atom stereocenters. The van der Waals surface area contributed by atoms with Crippen LogP contribution >= 0.6 is 0 Å². The molecule has 26 rings (SSSR count). The molecule has 768 valence electrons. The molecule has 16 N–H and O–H groups in total. The second kappa shape index (κ2) is 43.0. The zero-order valence-electron chi connectivity index (χ0n) is 77.0. The largest absolute Gasteiger partial charge is 0.394 e. The Morgan fingerprint density at radius 2 is 0.314 bits per heavy atom. The first-order valence-electron chi connectivity index (χ1n) is 43.8. The van der Waals surface area contributed by atoms with Gasteiger partial charge in [0.05, 0.1) is 70.7 Å². The van der Waals surface area contributed by atoms with Crippen LogP contribution in [0, 0.1) is 104 Å². The van der Waals surface area contributed by atoms with Crippen LogP contribution in [0.1, 0.15) is 83.5 Å². The molecule has 5 aromatic carbocycles. The third-order valence-electron chi connectivity index (χ3n) is 25.1. The van der Waals surface area contributed by atoms with Crippen LogP contribution < -0.4 is 0 Å². The molecule has 0 spiro atoms. The molecule has 21 fully saturated rings. The van der Waals surface area contributed by atoms with E-state index in [-0.39, 0.29) is 70.3 Å². The predicted octanol–water partition coefficient (Wildman–Crippen LogP) is -3.54. The van der Waals surface area contributed by atoms with Gasteiger partial charge in [0.1, 0.15) is 171 Å². The second-order valence-corrected chi connectivity index (χ2v) is 43.8. The molecule has 0 unspecified atom stereocenters. The van der Waals surface area contributed by atoms with Crippen molar-refractivity contribution in [2.75, 3.05) is 46.2 Å². The molecular weight excluding hydrogens is 1930 g/mol. The molecule has 50 heteroatoms. The number of aliphatic hydroxyl groups excluding tert-OH is 16. The Bertz CT molecular complexity index is 5440. The SMILES string of the molecule is Cc1cc(C)c(S(=O)(=O)OC[C@H]2O[C@@H]3O[C@H]4[C@H](O)[C@@H](O)[C@@H](O[C@H]5[C@H](O)[C@@H](O)[C@@H](O[C@H]6[C@H](O)[C@@H](O)[C@@H](O[C@H]7[C@H](O)[C@@H](O)[C@@H](O[C@H]8[C@H](O)[C@H](O)[C@@H](O[C@H]9[C@H](O)[C@H](O)[C@@H](O[C@H]2[C@H](O)[C@@H]3O)O[C@@H]9CO)O[C@@H]8COS(=O)(=O)c2c(C)cc(C)cc2C)O[C@@H]7CO)O[C@@H]6COS(=O)(=O)c2c(C)cc(C)cc2C)O[C@@H]5COS(=O)(=O)c2c(C)cc(C)cc2C)O[C@@H]4COS(=O)(=O)c2c(C)cc(C)cc2C)c(C)c1. The van der Waals surface area contributed by atoms with Gasteiger partial charge in [-0.3, -0.25) is 20.9 Å². The van der Waals surface area contributed by atoms with Gasteiger partial charge >= 0.3 is 0 Å². The Kier molecular flexibility index (Phi) is 34.1. The van der Waals surface area contributed by atoms with Gasteiger partial charge in [-0.1, -0.05) is 88.5 Å². The third kappa shape index (κ3) is 22.9. The first-order chi connectivity index (χ1) is 64.0. The fourth-order valence-corrected chi connectivity index (χ4v) is 25.9. The van der Waals surface area contributed by atoms with E-state index in [0.29, 0.717) is 27.8 Å². The van der Waals surface area contributed by atoms with E-state index in [1.54, 1.807) is 34.6 Å². The maximum Gasteiger partial charge on any atom is 0.297 e. The Balaban J connectivity index is 0.921. The Labute approximate surface area is 790 Å². The third-order valence-corrected chi connectivity index (χ3v) is 33.0. The van der Waals surface area contributed by atoms with Gasteiger partial charge in [0.25, 0.3) is 50.6 Å². The van der Waals surface area contributed by atoms with E-state index in [0.717, 1.165) is 0 Å². The summed E-state index contributed by atoms with van der Waals surface area (Å²) >= 11 is 0. The summed E-state index contributed by atoms with van der Waals surface area (Å²) in [6.07, 6.45) is -84.3. The van der Waals surface area contributed by atoms with Gasteiger partial charge < -0.3 is 148 Å². The molecule has 137 heavy (non-hydrogen) atoms. The molecule has 0 amide bonds. The molecular formula is C87H120O45S5. The lowest BCUT2D eigenvalue weighted by Gasteiger charge is -2.50. The monoisotopic (exact) mass is 2040 g/mol. The quantitative estimate of drug-likeness (QED) is 0.0299. The summed E-state index contributed by atoms with van der Waals surface area (Å²) in [4.78, 5) is -1.91. The summed E-state index contributed by atoms with van der Waals surface area (Å²) in [7, 11) is -25.0. The van der Waals surface area contributed by atoms with Crippen molar-refractivity contribution in [2.24, 2.45) is 0 Å². The zero-order valence-corrected chi connectivity index (χ0v) is 81.0. The Morgan fingerprint density at radius 3 is 0.438 bits per heavy atom. The lowest BCUT2D eigenvalue weighted by molar-refractivity contribution is -0.396. The molecule has 0 aliphatic carbocycles. The minimum atomic E-state index is -5.04. The molecule has 5 aromatic rings. The fraction of sp³-hybridized carbons (Fsp3) is 0.655. The van der Waals surface area contributed by atoms with E-state index < -0.39 is 322 Å². The number of aryl methyl sites for hydroxylation is 15. The highest BCUT2D eigenvalue weighted by Gasteiger charge is 2.61. The van der Waals surface area contributed by atoms with Gasteiger partial charge in [-0.25, -0.2) is 0 Å². The maximum atomic E-state index is 14.6. The smallest absolute Gasteiger partial charge is 0.297 e. The first-order valence-corrected chi connectivity index (χ1v) is 50.8. The van der Waals surface area contributed by atoms with E-state index in [1.807, 2.05) is 0 Å². The van der Waals surface area contributed by atoms with E-state index in [9.17, 15) is 124 Å². The molecule has 21 aliphatic rings. The molecule has 0 aromatic heterocycles. The minimum Gasteiger partial charge on any atom is -0.394 e. The van der Waals surface area contributed by atoms with Crippen molar-refractivity contribution in [3.8, 4) is 0 Å². The van der Waals surface area contributed by atoms with Crippen molar-refractivity contribution < 1.29 is 211 Å². The van der Waals surface area contributed by atoms with Crippen LogP contribution in [0.4, 0.5) is 0 Å². The summed E-state index contributed by atoms with van der Waals surface area (Å²) in [5.41, 5.74) is 4.62. The Hall–Kier alpha value is -5.55. The first kappa shape index (κ1) is 109. The van der Waals surface area contributed by atoms with Gasteiger partial charge in [-0.2, -0.15) is 42.1 Å². The highest BCUT2D eigenvalue weighted by Crippen LogP contribution is 2.43. The zero-order chi connectivity index (χ0) is 101. The van der Waals surface area contributed by atoms with Crippen molar-refractivity contribution in [3.63, 3.8) is 0 Å². The number of ether oxygens (including phenoxy) is 14. The maximum absolute atomic E-state index is 14.6. The van der Waals surface area contributed by atoms with Crippen molar-refractivity contribution in [2.45, 2.75) is 343 Å². The van der Waals surface area contributed by atoms with E-state index in [4.69, 9.17) is 87.2 Å². The highest BCUT2D eigenvalue weighted by atomic mass is 32.2. The van der Waals surface area contributed by atoms with Crippen LogP contribution in [0.5, 0.6) is 0 Å². The van der Waals surface area contributed by atoms with Crippen LogP contribution in [-0.4, -0.2) is 385 Å². The molecule has 45 nitrogen and oxygen atoms in total. The summed E-state index contributed by atoms with van der Waals surface area (Å²) in [5.74, 6) is 0. The lowest BCUT2D eigenvalue weighted by atomic mass is 9.95. The number of rotatable bonds is 22. The van der Waals surface area contributed by atoms with Crippen molar-refractivity contribution in [1.29, 1.82) is 0 Å². The van der Waals surface area contributed by atoms with Gasteiger partial charge in [0.2, 0.25) is 0 Å². The standard InChI is InChI=1S/C87H120O45S5/c1-33-16-38(6)76(39(7)17-33)133(104,105)114-28-50-71-57(92)64(99)83(121-50)126-69-48(26-88)120-82(63(98)56(69)91)129-72-51(29-115-134(106,107)77-40(8)18-34(2)19-41(77)9)123-85(66(101)59(72)94)131-74-53(31-117-136(110,111)79-44(12)22-36(4)23-45(79)13)125-87(68(103)61(74)96)132-75-54(32-118-137(112,113)80-46(14)24-37(5)25-47(80)15)124-86(67(102)60(75)95)130-73-52(30-116-135(108,109)78-42(10)20-35(3)21-43(78)11)122-84(65(100)58(73)93)127-70-49(27-89)119-81(128-71)62(97)55(70)90/h16-25,48-75,81-103H,26-32H2,1-15H3/t48-,49-,50-,51-,52-,53-,54-,55-,56-,57-,58-,59-,60-,61-,62-,63+,64+,65-,66+,67-,68-,69-,70-,71-,72-,73-,74-,75-,81-,82-,83-,84-,85-,86-,87-/m1/s1. The summed E-state index contributed by atoms with van der Waals surface area (Å²) < 4.78 is 260. The van der Waals surface area contributed by atoms with Crippen LogP contribution in [0.3, 0.4) is 0 Å². The van der Waals surface area contributed by atoms with Crippen molar-refractivity contribution in [3.05, 3.63) is 144 Å². The normalized spacial score (nSPS) is 36.9. The topological polar surface area (TPSA) is 670 Å². The summed E-state index contributed by atoms with van der Waals surface area (Å²) in [6, 6.07) is 15.0. The molecule has 0 saturated carbocycles. The summed E-state index contributed by atoms with van der Waals surface area (Å²) in [6.45, 7) is 13.6. The van der Waals surface area contributed by atoms with Gasteiger partial charge in [-0.05, 0) is 159 Å². The minimum absolute atomic E-state index is 0.142. The van der Waals surface area contributed by atoms with Crippen LogP contribution in [0.15, 0.2) is 85.1 Å². The lowest BCUT2D eigenvalue weighted by Crippen LogP contribution is -2.68.